The van der Waals surface area contributed by atoms with Gasteiger partial charge in [-0.15, -0.1) is 0 Å². The number of benzene rings is 3. The summed E-state index contributed by atoms with van der Waals surface area (Å²) in [4.78, 5) is 2.41. The van der Waals surface area contributed by atoms with E-state index in [0.717, 1.165) is 32.7 Å². The second-order valence-corrected chi connectivity index (χ2v) is 9.41. The third-order valence-corrected chi connectivity index (χ3v) is 7.53. The Morgan fingerprint density at radius 3 is 2.00 bits per heavy atom. The fraction of sp³-hybridized carbons (Fsp3) is 0.364. The predicted octanol–water partition coefficient (Wildman–Crippen LogP) is 7.49. The van der Waals surface area contributed by atoms with Gasteiger partial charge in [0.15, 0.2) is 5.71 Å². The van der Waals surface area contributed by atoms with Crippen molar-refractivity contribution in [1.29, 1.82) is 0 Å². The normalized spacial score (nSPS) is 15.8. The van der Waals surface area contributed by atoms with Gasteiger partial charge < -0.3 is 10.2 Å². The Kier molecular flexibility index (Phi) is 8.64. The zero-order chi connectivity index (χ0) is 25.5. The molecule has 4 rings (SSSR count). The molecule has 1 aliphatic carbocycles. The van der Waals surface area contributed by atoms with E-state index in [-0.39, 0.29) is 11.8 Å². The van der Waals surface area contributed by atoms with Crippen LogP contribution in [0.2, 0.25) is 0 Å². The van der Waals surface area contributed by atoms with Gasteiger partial charge in [0.1, 0.15) is 13.1 Å². The van der Waals surface area contributed by atoms with Gasteiger partial charge in [-0.05, 0) is 69.3 Å². The van der Waals surface area contributed by atoms with Crippen molar-refractivity contribution in [3.05, 3.63) is 96.1 Å². The topological polar surface area (TPSA) is 18.3 Å². The van der Waals surface area contributed by atoms with E-state index in [9.17, 15) is 0 Å². The quantitative estimate of drug-likeness (QED) is 0.303. The molecule has 36 heavy (non-hydrogen) atoms. The average molecular weight is 481 g/mol. The third kappa shape index (κ3) is 5.26. The highest BCUT2D eigenvalue weighted by Crippen LogP contribution is 2.40. The molecule has 188 valence electrons. The molecule has 3 heteroatoms. The summed E-state index contributed by atoms with van der Waals surface area (Å²) in [5, 5.41) is 6.18. The second kappa shape index (κ2) is 12.1. The summed E-state index contributed by atoms with van der Waals surface area (Å²) in [6, 6.07) is 22.7. The lowest BCUT2D eigenvalue weighted by Crippen LogP contribution is -2.22. The predicted molar refractivity (Wildman–Crippen MR) is 158 cm³/mol. The van der Waals surface area contributed by atoms with Crippen LogP contribution in [0.4, 0.5) is 11.4 Å². The van der Waals surface area contributed by atoms with Crippen LogP contribution in [0, 0.1) is 5.92 Å². The summed E-state index contributed by atoms with van der Waals surface area (Å²) in [5.74, 6) is 0.527. The first kappa shape index (κ1) is 25.8. The van der Waals surface area contributed by atoms with Crippen molar-refractivity contribution in [2.75, 3.05) is 42.9 Å². The fourth-order valence-electron chi connectivity index (χ4n) is 5.59. The molecular weight excluding hydrogens is 438 g/mol. The van der Waals surface area contributed by atoms with Gasteiger partial charge in [-0.2, -0.15) is 0 Å². The standard InChI is InChI=1S/C33H42N3/c1-6-34-32-24-23-31(29-13-11-12-14-30(29)32)33(25-15-19-27(20-16-25)35(7-2)8-3)26-17-21-28(22-18-26)36(9-4)10-5/h11-25,33-34H,6-10H2,1-5H3/q+1/t33-/m1/s1. The summed E-state index contributed by atoms with van der Waals surface area (Å²) >= 11 is 0. The lowest BCUT2D eigenvalue weighted by molar-refractivity contribution is -0.519. The number of fused-ring (bicyclic) bond motifs is 1. The highest BCUT2D eigenvalue weighted by Gasteiger charge is 2.26. The molecule has 0 aliphatic heterocycles. The van der Waals surface area contributed by atoms with Crippen molar-refractivity contribution in [3.8, 4) is 0 Å². The monoisotopic (exact) mass is 480 g/mol. The van der Waals surface area contributed by atoms with Crippen molar-refractivity contribution < 1.29 is 4.58 Å². The maximum Gasteiger partial charge on any atom is 0.199 e. The van der Waals surface area contributed by atoms with E-state index in [1.165, 1.54) is 39.0 Å². The molecule has 0 unspecified atom stereocenters. The van der Waals surface area contributed by atoms with Gasteiger partial charge in [0.05, 0.1) is 0 Å². The highest BCUT2D eigenvalue weighted by molar-refractivity contribution is 6.01. The van der Waals surface area contributed by atoms with Crippen LogP contribution in [0.15, 0.2) is 85.0 Å². The van der Waals surface area contributed by atoms with Gasteiger partial charge >= 0.3 is 0 Å². The molecule has 0 bridgehead atoms. The van der Waals surface area contributed by atoms with Gasteiger partial charge in [-0.1, -0.05) is 54.6 Å². The van der Waals surface area contributed by atoms with Crippen LogP contribution in [0.25, 0.3) is 10.8 Å². The summed E-state index contributed by atoms with van der Waals surface area (Å²) in [6.45, 7) is 16.1. The molecule has 1 N–H and O–H groups in total. The molecule has 0 fully saturated rings. The van der Waals surface area contributed by atoms with Crippen molar-refractivity contribution in [1.82, 2.24) is 0 Å². The summed E-state index contributed by atoms with van der Waals surface area (Å²) in [6.07, 6.45) is 9.46. The van der Waals surface area contributed by atoms with Crippen LogP contribution < -0.4 is 10.2 Å². The first-order valence-corrected chi connectivity index (χ1v) is 13.7. The third-order valence-electron chi connectivity index (χ3n) is 7.53. The number of anilines is 2. The van der Waals surface area contributed by atoms with Gasteiger partial charge in [-0.25, -0.2) is 4.58 Å². The van der Waals surface area contributed by atoms with Crippen LogP contribution in [0.5, 0.6) is 0 Å². The van der Waals surface area contributed by atoms with E-state index in [2.05, 4.69) is 134 Å². The smallest absolute Gasteiger partial charge is 0.199 e. The maximum atomic E-state index is 3.56. The Labute approximate surface area is 217 Å². The van der Waals surface area contributed by atoms with Crippen molar-refractivity contribution in [3.63, 3.8) is 0 Å². The Bertz CT molecular complexity index is 1220. The number of hydrogen-bond acceptors (Lipinski definition) is 2. The van der Waals surface area contributed by atoms with Gasteiger partial charge in [0, 0.05) is 60.4 Å². The Balaban J connectivity index is 1.84. The lowest BCUT2D eigenvalue weighted by atomic mass is 9.77. The van der Waals surface area contributed by atoms with Crippen molar-refractivity contribution >= 4 is 27.9 Å². The van der Waals surface area contributed by atoms with Gasteiger partial charge in [-0.3, -0.25) is 0 Å². The van der Waals surface area contributed by atoms with E-state index in [0.29, 0.717) is 0 Å². The van der Waals surface area contributed by atoms with Gasteiger partial charge in [0.2, 0.25) is 0 Å². The molecule has 3 aromatic carbocycles. The molecule has 0 saturated carbocycles. The Hall–Kier alpha value is -3.33. The van der Waals surface area contributed by atoms with Crippen molar-refractivity contribution in [2.24, 2.45) is 5.92 Å². The zero-order valence-corrected chi connectivity index (χ0v) is 22.7. The first-order chi connectivity index (χ1) is 17.6. The largest absolute Gasteiger partial charge is 0.385 e. The minimum absolute atomic E-state index is 0.238. The molecule has 0 heterocycles. The van der Waals surface area contributed by atoms with E-state index >= 15 is 0 Å². The van der Waals surface area contributed by atoms with Crippen LogP contribution in [0.3, 0.4) is 0 Å². The minimum atomic E-state index is 0.238. The summed E-state index contributed by atoms with van der Waals surface area (Å²) in [7, 11) is 0. The van der Waals surface area contributed by atoms with Crippen LogP contribution in [0.1, 0.15) is 51.7 Å². The minimum Gasteiger partial charge on any atom is -0.385 e. The average Bonchev–Trinajstić information content (AvgIpc) is 2.93. The van der Waals surface area contributed by atoms with Crippen LogP contribution in [-0.2, 0) is 0 Å². The molecule has 1 atom stereocenters. The Morgan fingerprint density at radius 2 is 1.42 bits per heavy atom. The highest BCUT2D eigenvalue weighted by atomic mass is 15.1. The first-order valence-electron chi connectivity index (χ1n) is 13.7. The van der Waals surface area contributed by atoms with E-state index in [4.69, 9.17) is 0 Å². The lowest BCUT2D eigenvalue weighted by Gasteiger charge is -2.28. The molecule has 1 aliphatic rings. The van der Waals surface area contributed by atoms with E-state index in [1.54, 1.807) is 0 Å². The van der Waals surface area contributed by atoms with Crippen molar-refractivity contribution in [2.45, 2.75) is 40.5 Å². The molecule has 0 amide bonds. The number of nitrogens with zero attached hydrogens (tertiary/aromatic N) is 2. The number of nitrogens with one attached hydrogen (secondary N) is 1. The Morgan fingerprint density at radius 1 is 0.778 bits per heavy atom. The molecule has 0 aromatic heterocycles. The molecule has 0 radical (unpaired) electrons. The zero-order valence-electron chi connectivity index (χ0n) is 22.7. The molecular formula is C33H42N3+. The van der Waals surface area contributed by atoms with E-state index < -0.39 is 0 Å². The number of rotatable bonds is 10. The fourth-order valence-corrected chi connectivity index (χ4v) is 5.59. The van der Waals surface area contributed by atoms with Gasteiger partial charge in [0.25, 0.3) is 0 Å². The molecule has 0 saturated heterocycles. The SMILES string of the molecule is CCNc1ccc([C@@H](c2ccc(N(CC)CC)cc2)C2C=CC(=[N+](CC)CC)C=C2)c2ccccc12. The molecule has 3 nitrogen and oxygen atoms in total. The summed E-state index contributed by atoms with van der Waals surface area (Å²) < 4.78 is 2.41. The maximum absolute atomic E-state index is 3.56. The van der Waals surface area contributed by atoms with Crippen LogP contribution in [-0.4, -0.2) is 43.0 Å². The number of hydrogen-bond donors (Lipinski definition) is 1. The summed E-state index contributed by atoms with van der Waals surface area (Å²) in [5.41, 5.74) is 6.55. The number of allylic oxidation sites excluding steroid dienone is 4. The van der Waals surface area contributed by atoms with Crippen LogP contribution >= 0.6 is 0 Å². The molecule has 0 spiro atoms. The van der Waals surface area contributed by atoms with E-state index in [1.807, 2.05) is 0 Å². The second-order valence-electron chi connectivity index (χ2n) is 9.41. The molecule has 3 aromatic rings.